The third-order valence-corrected chi connectivity index (χ3v) is 1.89. The van der Waals surface area contributed by atoms with Gasteiger partial charge in [-0.1, -0.05) is 17.7 Å². The molecule has 0 bridgehead atoms. The van der Waals surface area contributed by atoms with E-state index in [1.165, 1.54) is 12.1 Å². The Morgan fingerprint density at radius 1 is 1.36 bits per heavy atom. The number of halogens is 4. The largest absolute Gasteiger partial charge is 0.417 e. The first-order valence-electron chi connectivity index (χ1n) is 3.56. The predicted molar refractivity (Wildman–Crippen MR) is 48.2 cm³/mol. The molecule has 0 heterocycles. The molecule has 1 rings (SSSR count). The summed E-state index contributed by atoms with van der Waals surface area (Å²) in [6.45, 7) is 0. The van der Waals surface area contributed by atoms with E-state index < -0.39 is 11.7 Å². The van der Waals surface area contributed by atoms with Crippen molar-refractivity contribution in [3.05, 3.63) is 34.3 Å². The fraction of sp³-hybridized carbons (Fsp3) is 0.125. The van der Waals surface area contributed by atoms with Gasteiger partial charge in [-0.05, 0) is 12.1 Å². The second-order valence-corrected chi connectivity index (χ2v) is 2.88. The molecular formula is C8H6ClF3N2. The number of nitrogens with zero attached hydrogens (tertiary/aromatic N) is 1. The molecule has 2 nitrogen and oxygen atoms in total. The van der Waals surface area contributed by atoms with Crippen LogP contribution in [0.4, 0.5) is 13.2 Å². The van der Waals surface area contributed by atoms with Crippen molar-refractivity contribution in [1.29, 1.82) is 0 Å². The smallest absolute Gasteiger partial charge is 0.323 e. The van der Waals surface area contributed by atoms with E-state index in [0.717, 1.165) is 12.3 Å². The van der Waals surface area contributed by atoms with Gasteiger partial charge < -0.3 is 5.84 Å². The van der Waals surface area contributed by atoms with Crippen LogP contribution in [-0.2, 0) is 6.18 Å². The van der Waals surface area contributed by atoms with Crippen molar-refractivity contribution in [2.75, 3.05) is 0 Å². The second-order valence-electron chi connectivity index (χ2n) is 2.48. The molecule has 0 saturated carbocycles. The van der Waals surface area contributed by atoms with Gasteiger partial charge in [0.2, 0.25) is 0 Å². The van der Waals surface area contributed by atoms with Crippen LogP contribution in [0.5, 0.6) is 0 Å². The van der Waals surface area contributed by atoms with Gasteiger partial charge in [0.1, 0.15) is 0 Å². The molecule has 6 heteroatoms. The van der Waals surface area contributed by atoms with Crippen LogP contribution in [0.25, 0.3) is 0 Å². The molecule has 14 heavy (non-hydrogen) atoms. The number of nitrogens with two attached hydrogens (primary N) is 1. The Kier molecular flexibility index (Phi) is 3.00. The van der Waals surface area contributed by atoms with Crippen molar-refractivity contribution >= 4 is 17.8 Å². The topological polar surface area (TPSA) is 38.4 Å². The number of benzene rings is 1. The van der Waals surface area contributed by atoms with Crippen molar-refractivity contribution < 1.29 is 13.2 Å². The molecule has 1 aromatic rings. The zero-order valence-electron chi connectivity index (χ0n) is 6.85. The van der Waals surface area contributed by atoms with Gasteiger partial charge in [-0.2, -0.15) is 18.3 Å². The van der Waals surface area contributed by atoms with Crippen molar-refractivity contribution in [2.45, 2.75) is 6.18 Å². The minimum atomic E-state index is -4.46. The molecule has 1 aromatic carbocycles. The van der Waals surface area contributed by atoms with Crippen LogP contribution in [0.2, 0.25) is 5.02 Å². The summed E-state index contributed by atoms with van der Waals surface area (Å²) in [6, 6.07) is 3.48. The van der Waals surface area contributed by atoms with Crippen molar-refractivity contribution in [2.24, 2.45) is 10.9 Å². The standard InChI is InChI=1S/C8H6ClF3N2/c9-7-3-1-2-6(8(10,11)12)5(7)4-14-13/h1-4H,13H2. The van der Waals surface area contributed by atoms with E-state index >= 15 is 0 Å². The lowest BCUT2D eigenvalue weighted by molar-refractivity contribution is -0.137. The molecule has 0 fully saturated rings. The fourth-order valence-corrected chi connectivity index (χ4v) is 1.21. The molecule has 2 N–H and O–H groups in total. The molecule has 0 amide bonds. The summed E-state index contributed by atoms with van der Waals surface area (Å²) in [6.07, 6.45) is -3.58. The molecule has 0 aliphatic carbocycles. The Labute approximate surface area is 83.2 Å². The van der Waals surface area contributed by atoms with E-state index in [2.05, 4.69) is 5.10 Å². The van der Waals surface area contributed by atoms with E-state index in [9.17, 15) is 13.2 Å². The maximum absolute atomic E-state index is 12.4. The maximum atomic E-state index is 12.4. The summed E-state index contributed by atoms with van der Waals surface area (Å²) in [7, 11) is 0. The van der Waals surface area contributed by atoms with Crippen LogP contribution >= 0.6 is 11.6 Å². The van der Waals surface area contributed by atoms with Gasteiger partial charge in [0.25, 0.3) is 0 Å². The van der Waals surface area contributed by atoms with Gasteiger partial charge in [0, 0.05) is 5.56 Å². The summed E-state index contributed by atoms with van der Waals surface area (Å²) in [4.78, 5) is 0. The summed E-state index contributed by atoms with van der Waals surface area (Å²) in [5.41, 5.74) is -1.07. The number of hydrogen-bond donors (Lipinski definition) is 1. The SMILES string of the molecule is NN=Cc1c(Cl)cccc1C(F)(F)F. The first-order valence-corrected chi connectivity index (χ1v) is 3.93. The van der Waals surface area contributed by atoms with Crippen LogP contribution in [0.15, 0.2) is 23.3 Å². The molecular weight excluding hydrogens is 217 g/mol. The lowest BCUT2D eigenvalue weighted by Crippen LogP contribution is -2.09. The average molecular weight is 223 g/mol. The molecule has 0 aliphatic heterocycles. The molecule has 0 atom stereocenters. The van der Waals surface area contributed by atoms with E-state index in [1.54, 1.807) is 0 Å². The second kappa shape index (κ2) is 3.88. The fourth-order valence-electron chi connectivity index (χ4n) is 0.990. The Bertz CT molecular complexity index is 360. The molecule has 0 unspecified atom stereocenters. The highest BCUT2D eigenvalue weighted by Gasteiger charge is 2.33. The molecule has 0 spiro atoms. The summed E-state index contributed by atoms with van der Waals surface area (Å²) in [5, 5.41) is 3.00. The number of rotatable bonds is 1. The Balaban J connectivity index is 3.36. The summed E-state index contributed by atoms with van der Waals surface area (Å²) in [5.74, 6) is 4.79. The van der Waals surface area contributed by atoms with Gasteiger partial charge in [-0.25, -0.2) is 0 Å². The monoisotopic (exact) mass is 222 g/mol. The molecule has 76 valence electrons. The van der Waals surface area contributed by atoms with Gasteiger partial charge in [0.05, 0.1) is 16.8 Å². The van der Waals surface area contributed by atoms with E-state index in [-0.39, 0.29) is 10.6 Å². The van der Waals surface area contributed by atoms with E-state index in [1.807, 2.05) is 0 Å². The van der Waals surface area contributed by atoms with Crippen LogP contribution in [0.3, 0.4) is 0 Å². The number of alkyl halides is 3. The molecule has 0 aromatic heterocycles. The van der Waals surface area contributed by atoms with Crippen LogP contribution in [0, 0.1) is 0 Å². The zero-order valence-corrected chi connectivity index (χ0v) is 7.60. The quantitative estimate of drug-likeness (QED) is 0.443. The van der Waals surface area contributed by atoms with E-state index in [0.29, 0.717) is 0 Å². The van der Waals surface area contributed by atoms with Crippen molar-refractivity contribution in [1.82, 2.24) is 0 Å². The maximum Gasteiger partial charge on any atom is 0.417 e. The zero-order chi connectivity index (χ0) is 10.8. The van der Waals surface area contributed by atoms with Gasteiger partial charge in [-0.3, -0.25) is 0 Å². The highest BCUT2D eigenvalue weighted by atomic mass is 35.5. The number of hydrazone groups is 1. The lowest BCUT2D eigenvalue weighted by atomic mass is 10.1. The highest BCUT2D eigenvalue weighted by Crippen LogP contribution is 2.33. The van der Waals surface area contributed by atoms with Gasteiger partial charge in [0.15, 0.2) is 0 Å². The number of hydrogen-bond acceptors (Lipinski definition) is 2. The highest BCUT2D eigenvalue weighted by molar-refractivity contribution is 6.33. The van der Waals surface area contributed by atoms with Crippen LogP contribution < -0.4 is 5.84 Å². The third kappa shape index (κ3) is 2.17. The third-order valence-electron chi connectivity index (χ3n) is 1.56. The molecule has 0 saturated heterocycles. The van der Waals surface area contributed by atoms with Gasteiger partial charge in [-0.15, -0.1) is 0 Å². The Morgan fingerprint density at radius 3 is 2.50 bits per heavy atom. The van der Waals surface area contributed by atoms with Crippen LogP contribution in [0.1, 0.15) is 11.1 Å². The minimum Gasteiger partial charge on any atom is -0.323 e. The molecule has 0 radical (unpaired) electrons. The van der Waals surface area contributed by atoms with Crippen molar-refractivity contribution in [3.63, 3.8) is 0 Å². The Morgan fingerprint density at radius 2 is 2.00 bits per heavy atom. The minimum absolute atomic E-state index is 0.0333. The summed E-state index contributed by atoms with van der Waals surface area (Å²) < 4.78 is 37.2. The van der Waals surface area contributed by atoms with Gasteiger partial charge >= 0.3 is 6.18 Å². The van der Waals surface area contributed by atoms with Crippen LogP contribution in [-0.4, -0.2) is 6.21 Å². The summed E-state index contributed by atoms with van der Waals surface area (Å²) >= 11 is 5.57. The first-order chi connectivity index (χ1) is 6.46. The van der Waals surface area contributed by atoms with E-state index in [4.69, 9.17) is 17.4 Å². The first kappa shape index (κ1) is 10.8. The lowest BCUT2D eigenvalue weighted by Gasteiger charge is -2.10. The normalized spacial score (nSPS) is 12.3. The average Bonchev–Trinajstić information content (AvgIpc) is 2.07. The van der Waals surface area contributed by atoms with Crippen molar-refractivity contribution in [3.8, 4) is 0 Å². The predicted octanol–water partition coefficient (Wildman–Crippen LogP) is 2.65. The Hall–Kier alpha value is -1.23. The molecule has 0 aliphatic rings.